The largest absolute Gasteiger partial charge is 0.505 e. The Kier molecular flexibility index (Phi) is 4.85. The van der Waals surface area contributed by atoms with E-state index < -0.39 is 5.91 Å². The molecule has 2 aromatic carbocycles. The van der Waals surface area contributed by atoms with Crippen LogP contribution in [0.4, 0.5) is 5.69 Å². The van der Waals surface area contributed by atoms with Gasteiger partial charge in [-0.2, -0.15) is 0 Å². The first kappa shape index (κ1) is 17.5. The fourth-order valence-electron chi connectivity index (χ4n) is 2.24. The quantitative estimate of drug-likeness (QED) is 0.616. The molecule has 1 aliphatic heterocycles. The SMILES string of the molecule is COc1ccc(N2C(=O)/C(=C\c3cc(Cl)c(O)c(Cl)c3)OC2=S)cc1. The van der Waals surface area contributed by atoms with Crippen LogP contribution in [0.25, 0.3) is 6.08 Å². The number of anilines is 1. The first-order chi connectivity index (χ1) is 11.9. The van der Waals surface area contributed by atoms with Crippen molar-refractivity contribution in [3.8, 4) is 11.5 Å². The van der Waals surface area contributed by atoms with E-state index >= 15 is 0 Å². The topological polar surface area (TPSA) is 59.0 Å². The Balaban J connectivity index is 1.92. The molecule has 0 unspecified atom stereocenters. The van der Waals surface area contributed by atoms with Crippen molar-refractivity contribution in [1.82, 2.24) is 0 Å². The summed E-state index contributed by atoms with van der Waals surface area (Å²) in [6.07, 6.45) is 1.45. The summed E-state index contributed by atoms with van der Waals surface area (Å²) in [6, 6.07) is 9.75. The van der Waals surface area contributed by atoms with Gasteiger partial charge in [-0.25, -0.2) is 4.90 Å². The van der Waals surface area contributed by atoms with Gasteiger partial charge in [0.05, 0.1) is 22.8 Å². The first-order valence-electron chi connectivity index (χ1n) is 7.00. The van der Waals surface area contributed by atoms with Crippen LogP contribution < -0.4 is 9.64 Å². The predicted octanol–water partition coefficient (Wildman–Crippen LogP) is 4.40. The van der Waals surface area contributed by atoms with Gasteiger partial charge in [0, 0.05) is 0 Å². The van der Waals surface area contributed by atoms with Crippen LogP contribution in [0, 0.1) is 0 Å². The smallest absolute Gasteiger partial charge is 0.301 e. The number of phenolic OH excluding ortho intramolecular Hbond substituents is 1. The van der Waals surface area contributed by atoms with E-state index in [1.807, 2.05) is 0 Å². The molecule has 1 heterocycles. The van der Waals surface area contributed by atoms with Crippen molar-refractivity contribution < 1.29 is 19.4 Å². The summed E-state index contributed by atoms with van der Waals surface area (Å²) in [5.41, 5.74) is 1.05. The van der Waals surface area contributed by atoms with Crippen molar-refractivity contribution in [1.29, 1.82) is 0 Å². The number of hydrogen-bond donors (Lipinski definition) is 1. The minimum atomic E-state index is -0.421. The van der Waals surface area contributed by atoms with E-state index in [0.29, 0.717) is 17.0 Å². The molecular formula is C17H11Cl2NO4S. The number of phenols is 1. The lowest BCUT2D eigenvalue weighted by Gasteiger charge is -2.12. The highest BCUT2D eigenvalue weighted by atomic mass is 35.5. The number of rotatable bonds is 3. The molecule has 0 spiro atoms. The van der Waals surface area contributed by atoms with Crippen LogP contribution in [-0.2, 0) is 9.53 Å². The number of amides is 1. The van der Waals surface area contributed by atoms with Gasteiger partial charge >= 0.3 is 5.91 Å². The van der Waals surface area contributed by atoms with Crippen LogP contribution >= 0.6 is 35.4 Å². The summed E-state index contributed by atoms with van der Waals surface area (Å²) in [4.78, 5) is 13.9. The molecule has 3 rings (SSSR count). The number of ether oxygens (including phenoxy) is 2. The summed E-state index contributed by atoms with van der Waals surface area (Å²) in [6.45, 7) is 0. The van der Waals surface area contributed by atoms with Gasteiger partial charge in [0.25, 0.3) is 5.17 Å². The number of hydrogen-bond acceptors (Lipinski definition) is 5. The normalized spacial score (nSPS) is 15.6. The van der Waals surface area contributed by atoms with E-state index in [0.717, 1.165) is 0 Å². The van der Waals surface area contributed by atoms with Crippen molar-refractivity contribution in [2.45, 2.75) is 0 Å². The molecule has 2 aromatic rings. The zero-order chi connectivity index (χ0) is 18.1. The van der Waals surface area contributed by atoms with Gasteiger partial charge in [0.1, 0.15) is 5.75 Å². The lowest BCUT2D eigenvalue weighted by Crippen LogP contribution is -2.27. The number of carbonyl (C=O) groups is 1. The Morgan fingerprint density at radius 2 is 1.80 bits per heavy atom. The number of aromatic hydroxyl groups is 1. The van der Waals surface area contributed by atoms with Gasteiger partial charge in [0.2, 0.25) is 0 Å². The molecule has 25 heavy (non-hydrogen) atoms. The third-order valence-corrected chi connectivity index (χ3v) is 4.30. The van der Waals surface area contributed by atoms with Crippen molar-refractivity contribution in [3.63, 3.8) is 0 Å². The maximum absolute atomic E-state index is 12.6. The zero-order valence-corrected chi connectivity index (χ0v) is 15.2. The molecule has 0 atom stereocenters. The summed E-state index contributed by atoms with van der Waals surface area (Å²) in [5, 5.41) is 9.75. The summed E-state index contributed by atoms with van der Waals surface area (Å²) in [7, 11) is 1.55. The second-order valence-corrected chi connectivity index (χ2v) is 6.21. The fourth-order valence-corrected chi connectivity index (χ4v) is 3.02. The van der Waals surface area contributed by atoms with Gasteiger partial charge in [0.15, 0.2) is 11.5 Å². The lowest BCUT2D eigenvalue weighted by molar-refractivity contribution is -0.114. The van der Waals surface area contributed by atoms with E-state index in [2.05, 4.69) is 0 Å². The number of halogens is 2. The van der Waals surface area contributed by atoms with Crippen molar-refractivity contribution >= 4 is 58.3 Å². The number of nitrogens with zero attached hydrogens (tertiary/aromatic N) is 1. The number of methoxy groups -OCH3 is 1. The Labute approximate surface area is 159 Å². The fraction of sp³-hybridized carbons (Fsp3) is 0.0588. The van der Waals surface area contributed by atoms with E-state index in [-0.39, 0.29) is 26.7 Å². The minimum Gasteiger partial charge on any atom is -0.505 e. The third-order valence-electron chi connectivity index (χ3n) is 3.46. The van der Waals surface area contributed by atoms with Gasteiger partial charge in [-0.15, -0.1) is 0 Å². The molecule has 0 radical (unpaired) electrons. The molecule has 1 fully saturated rings. The van der Waals surface area contributed by atoms with Crippen molar-refractivity contribution in [2.24, 2.45) is 0 Å². The molecule has 5 nitrogen and oxygen atoms in total. The molecule has 1 N–H and O–H groups in total. The Morgan fingerprint density at radius 3 is 2.36 bits per heavy atom. The maximum atomic E-state index is 12.6. The highest BCUT2D eigenvalue weighted by Crippen LogP contribution is 2.34. The zero-order valence-electron chi connectivity index (χ0n) is 12.8. The van der Waals surface area contributed by atoms with Crippen LogP contribution in [0.2, 0.25) is 10.0 Å². The minimum absolute atomic E-state index is 0.0115. The Hall–Kier alpha value is -2.28. The Bertz CT molecular complexity index is 873. The number of thiocarbonyl (C=S) groups is 1. The second kappa shape index (κ2) is 6.92. The Morgan fingerprint density at radius 1 is 1.20 bits per heavy atom. The van der Waals surface area contributed by atoms with E-state index in [9.17, 15) is 9.90 Å². The highest BCUT2D eigenvalue weighted by molar-refractivity contribution is 7.80. The molecular weight excluding hydrogens is 385 g/mol. The molecule has 1 aliphatic rings. The van der Waals surface area contributed by atoms with E-state index in [1.54, 1.807) is 31.4 Å². The van der Waals surface area contributed by atoms with Gasteiger partial charge in [-0.05, 0) is 60.3 Å². The van der Waals surface area contributed by atoms with Crippen LogP contribution in [0.3, 0.4) is 0 Å². The van der Waals surface area contributed by atoms with E-state index in [4.69, 9.17) is 44.9 Å². The summed E-state index contributed by atoms with van der Waals surface area (Å²) < 4.78 is 10.5. The maximum Gasteiger partial charge on any atom is 0.301 e. The molecule has 1 amide bonds. The molecule has 1 saturated heterocycles. The van der Waals surface area contributed by atoms with Gasteiger partial charge in [-0.1, -0.05) is 23.2 Å². The third kappa shape index (κ3) is 3.42. The van der Waals surface area contributed by atoms with Crippen LogP contribution in [0.5, 0.6) is 11.5 Å². The molecule has 0 aliphatic carbocycles. The molecule has 128 valence electrons. The average molecular weight is 396 g/mol. The van der Waals surface area contributed by atoms with Crippen LogP contribution in [0.15, 0.2) is 42.2 Å². The van der Waals surface area contributed by atoms with Crippen LogP contribution in [-0.4, -0.2) is 23.3 Å². The van der Waals surface area contributed by atoms with Gasteiger partial charge in [-0.3, -0.25) is 4.79 Å². The summed E-state index contributed by atoms with van der Waals surface area (Å²) in [5.74, 6) is 0.0417. The van der Waals surface area contributed by atoms with Crippen molar-refractivity contribution in [3.05, 3.63) is 57.8 Å². The average Bonchev–Trinajstić information content (AvgIpc) is 2.86. The van der Waals surface area contributed by atoms with Gasteiger partial charge < -0.3 is 14.6 Å². The standard InChI is InChI=1S/C17H11Cl2NO4S/c1-23-11-4-2-10(3-5-11)20-16(22)14(24-17(20)25)8-9-6-12(18)15(21)13(19)7-9/h2-8,21H,1H3/b14-8+. The number of benzene rings is 2. The predicted molar refractivity (Wildman–Crippen MR) is 100 cm³/mol. The lowest BCUT2D eigenvalue weighted by atomic mass is 10.2. The van der Waals surface area contributed by atoms with Crippen LogP contribution in [0.1, 0.15) is 5.56 Å². The molecule has 0 aromatic heterocycles. The highest BCUT2D eigenvalue weighted by Gasteiger charge is 2.34. The van der Waals surface area contributed by atoms with Crippen molar-refractivity contribution in [2.75, 3.05) is 12.0 Å². The van der Waals surface area contributed by atoms with E-state index in [1.165, 1.54) is 23.1 Å². The summed E-state index contributed by atoms with van der Waals surface area (Å²) >= 11 is 16.9. The monoisotopic (exact) mass is 395 g/mol. The first-order valence-corrected chi connectivity index (χ1v) is 8.17. The second-order valence-electron chi connectivity index (χ2n) is 5.05. The molecule has 0 saturated carbocycles. The molecule has 0 bridgehead atoms. The number of carbonyl (C=O) groups excluding carboxylic acids is 1. The molecule has 8 heteroatoms.